The topological polar surface area (TPSA) is 56.0 Å². The number of hydrogen-bond donors (Lipinski definition) is 0. The van der Waals surface area contributed by atoms with Crippen LogP contribution >= 0.6 is 0 Å². The van der Waals surface area contributed by atoms with Crippen LogP contribution in [0.15, 0.2) is 24.5 Å². The summed E-state index contributed by atoms with van der Waals surface area (Å²) in [5.74, 6) is -2.69. The van der Waals surface area contributed by atoms with Crippen molar-refractivity contribution in [3.8, 4) is 0 Å². The zero-order valence-corrected chi connectivity index (χ0v) is 7.28. The van der Waals surface area contributed by atoms with Gasteiger partial charge in [-0.1, -0.05) is 0 Å². The minimum Gasteiger partial charge on any atom is -0.264 e. The molecule has 2 aromatic rings. The van der Waals surface area contributed by atoms with E-state index >= 15 is 0 Å². The van der Waals surface area contributed by atoms with Crippen LogP contribution < -0.4 is 0 Å². The largest absolute Gasteiger partial charge is 0.315 e. The standard InChI is InChI=1S/C9H4F2N2O2/c10-7-3-5-4-12-2-1-6(5)9(8(7)11)13(14)15/h1-4H. The first-order valence-corrected chi connectivity index (χ1v) is 3.97. The molecule has 15 heavy (non-hydrogen) atoms. The van der Waals surface area contributed by atoms with E-state index in [1.54, 1.807) is 0 Å². The Morgan fingerprint density at radius 2 is 2.13 bits per heavy atom. The third-order valence-electron chi connectivity index (χ3n) is 1.99. The maximum Gasteiger partial charge on any atom is 0.315 e. The van der Waals surface area contributed by atoms with Gasteiger partial charge in [-0.15, -0.1) is 0 Å². The molecule has 0 aliphatic heterocycles. The summed E-state index contributed by atoms with van der Waals surface area (Å²) in [4.78, 5) is 13.3. The molecule has 6 heteroatoms. The number of hydrogen-bond acceptors (Lipinski definition) is 3. The van der Waals surface area contributed by atoms with Gasteiger partial charge in [-0.25, -0.2) is 4.39 Å². The van der Waals surface area contributed by atoms with Crippen LogP contribution in [-0.2, 0) is 0 Å². The second kappa shape index (κ2) is 3.23. The first-order chi connectivity index (χ1) is 7.11. The van der Waals surface area contributed by atoms with Crippen LogP contribution in [0.4, 0.5) is 14.5 Å². The fourth-order valence-electron chi connectivity index (χ4n) is 1.35. The van der Waals surface area contributed by atoms with Crippen molar-refractivity contribution in [2.24, 2.45) is 0 Å². The van der Waals surface area contributed by atoms with E-state index in [1.165, 1.54) is 18.5 Å². The lowest BCUT2D eigenvalue weighted by molar-refractivity contribution is -0.385. The summed E-state index contributed by atoms with van der Waals surface area (Å²) in [5.41, 5.74) is -0.854. The number of fused-ring (bicyclic) bond motifs is 1. The number of aromatic nitrogens is 1. The molecule has 0 aliphatic rings. The zero-order valence-electron chi connectivity index (χ0n) is 7.28. The lowest BCUT2D eigenvalue weighted by atomic mass is 10.1. The minimum atomic E-state index is -1.45. The molecule has 0 atom stereocenters. The Labute approximate surface area is 82.3 Å². The molecule has 0 saturated heterocycles. The van der Waals surface area contributed by atoms with Crippen molar-refractivity contribution in [3.63, 3.8) is 0 Å². The van der Waals surface area contributed by atoms with Crippen molar-refractivity contribution in [2.45, 2.75) is 0 Å². The lowest BCUT2D eigenvalue weighted by Crippen LogP contribution is -1.97. The van der Waals surface area contributed by atoms with Crippen molar-refractivity contribution in [1.29, 1.82) is 0 Å². The number of nitrogens with zero attached hydrogens (tertiary/aromatic N) is 2. The molecule has 1 heterocycles. The molecular weight excluding hydrogens is 206 g/mol. The van der Waals surface area contributed by atoms with Crippen molar-refractivity contribution in [2.75, 3.05) is 0 Å². The van der Waals surface area contributed by atoms with Crippen LogP contribution in [0.2, 0.25) is 0 Å². The number of rotatable bonds is 1. The molecule has 0 amide bonds. The Hall–Kier alpha value is -2.11. The summed E-state index contributed by atoms with van der Waals surface area (Å²) < 4.78 is 26.1. The highest BCUT2D eigenvalue weighted by Crippen LogP contribution is 2.29. The third kappa shape index (κ3) is 1.39. The SMILES string of the molecule is O=[N+]([O-])c1c(F)c(F)cc2cnccc12. The van der Waals surface area contributed by atoms with Crippen LogP contribution in [0, 0.1) is 21.7 Å². The monoisotopic (exact) mass is 210 g/mol. The second-order valence-electron chi connectivity index (χ2n) is 2.87. The predicted molar refractivity (Wildman–Crippen MR) is 48.3 cm³/mol. The maximum absolute atomic E-state index is 13.1. The normalized spacial score (nSPS) is 10.5. The second-order valence-corrected chi connectivity index (χ2v) is 2.87. The highest BCUT2D eigenvalue weighted by atomic mass is 19.2. The molecule has 76 valence electrons. The van der Waals surface area contributed by atoms with Gasteiger partial charge in [-0.2, -0.15) is 4.39 Å². The summed E-state index contributed by atoms with van der Waals surface area (Å²) in [6.07, 6.45) is 2.53. The minimum absolute atomic E-state index is 0.0360. The van der Waals surface area contributed by atoms with Gasteiger partial charge in [0, 0.05) is 17.8 Å². The summed E-state index contributed by atoms with van der Waals surface area (Å²) in [6, 6.07) is 2.15. The van der Waals surface area contributed by atoms with Gasteiger partial charge in [0.25, 0.3) is 0 Å². The van der Waals surface area contributed by atoms with E-state index in [0.717, 1.165) is 6.07 Å². The van der Waals surface area contributed by atoms with Gasteiger partial charge < -0.3 is 0 Å². The van der Waals surface area contributed by atoms with Crippen molar-refractivity contribution in [1.82, 2.24) is 4.98 Å². The molecular formula is C9H4F2N2O2. The van der Waals surface area contributed by atoms with Gasteiger partial charge in [0.15, 0.2) is 5.82 Å². The summed E-state index contributed by atoms with van der Waals surface area (Å²) in [7, 11) is 0. The number of nitro groups is 1. The maximum atomic E-state index is 13.1. The van der Waals surface area contributed by atoms with Crippen LogP contribution in [-0.4, -0.2) is 9.91 Å². The van der Waals surface area contributed by atoms with E-state index in [-0.39, 0.29) is 10.8 Å². The number of pyridine rings is 1. The Kier molecular flexibility index (Phi) is 2.03. The van der Waals surface area contributed by atoms with Crippen LogP contribution in [0.1, 0.15) is 0 Å². The molecule has 0 bridgehead atoms. The molecule has 0 spiro atoms. The molecule has 4 nitrogen and oxygen atoms in total. The summed E-state index contributed by atoms with van der Waals surface area (Å²) in [5, 5.41) is 10.8. The Balaban J connectivity index is 2.95. The fraction of sp³-hybridized carbons (Fsp3) is 0. The Bertz CT molecular complexity index is 557. The lowest BCUT2D eigenvalue weighted by Gasteiger charge is -2.00. The average Bonchev–Trinajstić information content (AvgIpc) is 2.19. The van der Waals surface area contributed by atoms with E-state index in [1.807, 2.05) is 0 Å². The molecule has 1 aromatic heterocycles. The smallest absolute Gasteiger partial charge is 0.264 e. The number of halogens is 2. The van der Waals surface area contributed by atoms with Gasteiger partial charge in [0.2, 0.25) is 5.82 Å². The van der Waals surface area contributed by atoms with Gasteiger partial charge in [0.1, 0.15) is 0 Å². The van der Waals surface area contributed by atoms with E-state index in [2.05, 4.69) is 4.98 Å². The predicted octanol–water partition coefficient (Wildman–Crippen LogP) is 2.42. The molecule has 0 radical (unpaired) electrons. The summed E-state index contributed by atoms with van der Waals surface area (Å²) >= 11 is 0. The van der Waals surface area contributed by atoms with Crippen molar-refractivity contribution >= 4 is 16.5 Å². The van der Waals surface area contributed by atoms with Crippen LogP contribution in [0.25, 0.3) is 10.8 Å². The van der Waals surface area contributed by atoms with E-state index in [9.17, 15) is 18.9 Å². The zero-order chi connectivity index (χ0) is 11.0. The van der Waals surface area contributed by atoms with Gasteiger partial charge in [0.05, 0.1) is 10.3 Å². The molecule has 0 saturated carbocycles. The van der Waals surface area contributed by atoms with Gasteiger partial charge in [-0.3, -0.25) is 15.1 Å². The highest BCUT2D eigenvalue weighted by molar-refractivity contribution is 5.90. The number of nitro benzene ring substituents is 1. The molecule has 0 unspecified atom stereocenters. The number of benzene rings is 1. The summed E-state index contributed by atoms with van der Waals surface area (Å²) in [6.45, 7) is 0. The van der Waals surface area contributed by atoms with Crippen LogP contribution in [0.3, 0.4) is 0 Å². The van der Waals surface area contributed by atoms with Crippen LogP contribution in [0.5, 0.6) is 0 Å². The van der Waals surface area contributed by atoms with Gasteiger partial charge in [-0.05, 0) is 12.1 Å². The first-order valence-electron chi connectivity index (χ1n) is 3.97. The first kappa shape index (κ1) is 9.45. The van der Waals surface area contributed by atoms with E-state index in [0.29, 0.717) is 0 Å². The molecule has 1 aromatic carbocycles. The average molecular weight is 210 g/mol. The van der Waals surface area contributed by atoms with Crippen molar-refractivity contribution < 1.29 is 13.7 Å². The van der Waals surface area contributed by atoms with Gasteiger partial charge >= 0.3 is 5.69 Å². The van der Waals surface area contributed by atoms with E-state index in [4.69, 9.17) is 0 Å². The molecule has 0 fully saturated rings. The fourth-order valence-corrected chi connectivity index (χ4v) is 1.35. The molecule has 0 N–H and O–H groups in total. The van der Waals surface area contributed by atoms with E-state index < -0.39 is 22.2 Å². The molecule has 0 aliphatic carbocycles. The Morgan fingerprint density at radius 1 is 1.40 bits per heavy atom. The van der Waals surface area contributed by atoms with Crippen molar-refractivity contribution in [3.05, 3.63) is 46.3 Å². The molecule has 2 rings (SSSR count). The quantitative estimate of drug-likeness (QED) is 0.536. The third-order valence-corrected chi connectivity index (χ3v) is 1.99. The highest BCUT2D eigenvalue weighted by Gasteiger charge is 2.22. The Morgan fingerprint density at radius 3 is 2.80 bits per heavy atom.